The van der Waals surface area contributed by atoms with Gasteiger partial charge in [-0.2, -0.15) is 13.2 Å². The van der Waals surface area contributed by atoms with Crippen LogP contribution < -0.4 is 11.5 Å². The Morgan fingerprint density at radius 2 is 1.64 bits per heavy atom. The molecule has 5 N–H and O–H groups in total. The van der Waals surface area contributed by atoms with Gasteiger partial charge in [-0.05, 0) is 29.7 Å². The summed E-state index contributed by atoms with van der Waals surface area (Å²) in [6, 6.07) is 13.6. The summed E-state index contributed by atoms with van der Waals surface area (Å²) in [5, 5.41) is 10.6. The molecule has 9 heteroatoms. The maximum absolute atomic E-state index is 11.4. The summed E-state index contributed by atoms with van der Waals surface area (Å²) in [4.78, 5) is 0.867. The number of aromatic nitrogens is 3. The predicted octanol–water partition coefficient (Wildman–Crippen LogP) is 1.98. The molecule has 126 valence electrons. The van der Waals surface area contributed by atoms with Crippen LogP contribution in [0.25, 0.3) is 27.5 Å². The average Bonchev–Trinajstić information content (AvgIpc) is 3.00. The number of nitrogens with zero attached hydrogens (tertiary/aromatic N) is 3. The number of nitrogen functional groups attached to an aromatic ring is 2. The van der Waals surface area contributed by atoms with E-state index in [0.29, 0.717) is 22.4 Å². The zero-order chi connectivity index (χ0) is 17.8. The van der Waals surface area contributed by atoms with E-state index in [0.717, 1.165) is 10.8 Å². The van der Waals surface area contributed by atoms with Gasteiger partial charge in [-0.3, -0.25) is 4.55 Å². The van der Waals surface area contributed by atoms with Crippen molar-refractivity contribution in [3.63, 3.8) is 0 Å². The molecular formula is C16H13N5O3S. The van der Waals surface area contributed by atoms with Crippen molar-refractivity contribution >= 4 is 43.3 Å². The minimum atomic E-state index is -4.46. The Kier molecular flexibility index (Phi) is 3.17. The number of hydrogen-bond donors (Lipinski definition) is 3. The first-order valence-electron chi connectivity index (χ1n) is 7.26. The van der Waals surface area contributed by atoms with E-state index in [-0.39, 0.29) is 5.69 Å². The fourth-order valence-electron chi connectivity index (χ4n) is 2.74. The zero-order valence-electron chi connectivity index (χ0n) is 12.8. The first-order chi connectivity index (χ1) is 11.8. The summed E-state index contributed by atoms with van der Waals surface area (Å²) in [6.07, 6.45) is 0. The Morgan fingerprint density at radius 1 is 0.920 bits per heavy atom. The first-order valence-corrected chi connectivity index (χ1v) is 8.70. The molecule has 4 aromatic rings. The summed E-state index contributed by atoms with van der Waals surface area (Å²) in [5.74, 6) is 0. The Labute approximate surface area is 142 Å². The molecule has 0 saturated carbocycles. The van der Waals surface area contributed by atoms with Gasteiger partial charge in [0.1, 0.15) is 15.9 Å². The van der Waals surface area contributed by atoms with E-state index in [1.54, 1.807) is 6.07 Å². The van der Waals surface area contributed by atoms with E-state index in [9.17, 15) is 13.0 Å². The minimum Gasteiger partial charge on any atom is -0.398 e. The number of rotatable bonds is 2. The Balaban J connectivity index is 2.00. The van der Waals surface area contributed by atoms with Gasteiger partial charge in [0.15, 0.2) is 0 Å². The molecule has 1 aromatic heterocycles. The molecule has 0 unspecified atom stereocenters. The van der Waals surface area contributed by atoms with Gasteiger partial charge in [-0.25, -0.2) is 0 Å². The van der Waals surface area contributed by atoms with Crippen LogP contribution in [0.4, 0.5) is 11.4 Å². The van der Waals surface area contributed by atoms with Gasteiger partial charge >= 0.3 is 0 Å². The van der Waals surface area contributed by atoms with Gasteiger partial charge < -0.3 is 11.5 Å². The highest BCUT2D eigenvalue weighted by Gasteiger charge is 2.17. The van der Waals surface area contributed by atoms with Gasteiger partial charge in [0, 0.05) is 5.39 Å². The molecule has 0 amide bonds. The van der Waals surface area contributed by atoms with Crippen LogP contribution in [0, 0.1) is 0 Å². The Morgan fingerprint density at radius 3 is 2.40 bits per heavy atom. The van der Waals surface area contributed by atoms with Crippen LogP contribution in [0.1, 0.15) is 0 Å². The van der Waals surface area contributed by atoms with Crippen LogP contribution in [0.2, 0.25) is 0 Å². The van der Waals surface area contributed by atoms with Gasteiger partial charge in [0.2, 0.25) is 0 Å². The molecular weight excluding hydrogens is 342 g/mol. The lowest BCUT2D eigenvalue weighted by Crippen LogP contribution is -2.06. The fraction of sp³-hybridized carbons (Fsp3) is 0. The Bertz CT molecular complexity index is 1250. The third-order valence-corrected chi connectivity index (χ3v) is 4.83. The summed E-state index contributed by atoms with van der Waals surface area (Å²) in [6.45, 7) is 0. The smallest absolute Gasteiger partial charge is 0.296 e. The minimum absolute atomic E-state index is 0.0621. The number of anilines is 2. The molecule has 0 fully saturated rings. The molecule has 0 bridgehead atoms. The summed E-state index contributed by atoms with van der Waals surface area (Å²) < 4.78 is 32.2. The summed E-state index contributed by atoms with van der Waals surface area (Å²) in [7, 11) is -4.46. The Hall–Kier alpha value is -3.17. The van der Waals surface area contributed by atoms with Crippen LogP contribution >= 0.6 is 0 Å². The zero-order valence-corrected chi connectivity index (χ0v) is 13.6. The third-order valence-electron chi connectivity index (χ3n) is 3.92. The summed E-state index contributed by atoms with van der Waals surface area (Å²) in [5.41, 5.74) is 13.5. The van der Waals surface area contributed by atoms with E-state index in [1.165, 1.54) is 16.9 Å². The second kappa shape index (κ2) is 5.16. The SMILES string of the molecule is Nc1ccc(-n2nc3c(N)cc4ccccc4c3n2)cc1S(=O)(=O)O. The van der Waals surface area contributed by atoms with Crippen LogP contribution in [-0.4, -0.2) is 28.0 Å². The largest absolute Gasteiger partial charge is 0.398 e. The maximum atomic E-state index is 11.4. The van der Waals surface area contributed by atoms with Crippen molar-refractivity contribution < 1.29 is 13.0 Å². The lowest BCUT2D eigenvalue weighted by Gasteiger charge is -2.05. The molecule has 0 aliphatic carbocycles. The van der Waals surface area contributed by atoms with Crippen LogP contribution in [-0.2, 0) is 10.1 Å². The van der Waals surface area contributed by atoms with Gasteiger partial charge in [-0.1, -0.05) is 24.3 Å². The molecule has 3 aromatic carbocycles. The summed E-state index contributed by atoms with van der Waals surface area (Å²) >= 11 is 0. The topological polar surface area (TPSA) is 137 Å². The monoisotopic (exact) mass is 355 g/mol. The van der Waals surface area contributed by atoms with Crippen LogP contribution in [0.3, 0.4) is 0 Å². The standard InChI is InChI=1S/C16H13N5O3S/c17-12-6-5-10(8-14(12)25(22,23)24)21-19-15-11-4-2-1-3-9(11)7-13(18)16(15)20-21/h1-8H,17-18H2,(H,22,23,24). The normalized spacial score (nSPS) is 12.0. The van der Waals surface area contributed by atoms with Crippen molar-refractivity contribution in [3.8, 4) is 5.69 Å². The molecule has 0 atom stereocenters. The average molecular weight is 355 g/mol. The molecule has 0 saturated heterocycles. The van der Waals surface area contributed by atoms with Gasteiger partial charge in [0.05, 0.1) is 17.1 Å². The molecule has 0 radical (unpaired) electrons. The third kappa shape index (κ3) is 2.46. The van der Waals surface area contributed by atoms with Crippen LogP contribution in [0.15, 0.2) is 53.4 Å². The van der Waals surface area contributed by atoms with Crippen LogP contribution in [0.5, 0.6) is 0 Å². The van der Waals surface area contributed by atoms with Crippen molar-refractivity contribution in [2.24, 2.45) is 0 Å². The molecule has 4 rings (SSSR count). The van der Waals surface area contributed by atoms with Crippen molar-refractivity contribution in [3.05, 3.63) is 48.5 Å². The highest BCUT2D eigenvalue weighted by Crippen LogP contribution is 2.29. The lowest BCUT2D eigenvalue weighted by molar-refractivity contribution is 0.483. The number of fused-ring (bicyclic) bond motifs is 3. The quantitative estimate of drug-likeness (QED) is 0.369. The second-order valence-corrected chi connectivity index (χ2v) is 6.96. The van der Waals surface area contributed by atoms with E-state index in [4.69, 9.17) is 11.5 Å². The van der Waals surface area contributed by atoms with Crippen molar-refractivity contribution in [1.82, 2.24) is 15.0 Å². The molecule has 0 aliphatic rings. The van der Waals surface area contributed by atoms with E-state index in [2.05, 4.69) is 10.2 Å². The number of hydrogen-bond acceptors (Lipinski definition) is 6. The van der Waals surface area contributed by atoms with Gasteiger partial charge in [0.25, 0.3) is 10.1 Å². The van der Waals surface area contributed by atoms with E-state index in [1.807, 2.05) is 30.3 Å². The maximum Gasteiger partial charge on any atom is 0.296 e. The molecule has 8 nitrogen and oxygen atoms in total. The van der Waals surface area contributed by atoms with Crippen molar-refractivity contribution in [2.75, 3.05) is 11.5 Å². The van der Waals surface area contributed by atoms with Crippen molar-refractivity contribution in [1.29, 1.82) is 0 Å². The first kappa shape index (κ1) is 15.4. The molecule has 0 aliphatic heterocycles. The second-order valence-electron chi connectivity index (χ2n) is 5.57. The lowest BCUT2D eigenvalue weighted by atomic mass is 10.1. The number of benzene rings is 3. The van der Waals surface area contributed by atoms with E-state index < -0.39 is 15.0 Å². The highest BCUT2D eigenvalue weighted by atomic mass is 32.2. The predicted molar refractivity (Wildman–Crippen MR) is 95.0 cm³/mol. The fourth-order valence-corrected chi connectivity index (χ4v) is 3.38. The highest BCUT2D eigenvalue weighted by molar-refractivity contribution is 7.86. The van der Waals surface area contributed by atoms with Gasteiger partial charge in [-0.15, -0.1) is 10.2 Å². The number of nitrogens with two attached hydrogens (primary N) is 2. The molecule has 25 heavy (non-hydrogen) atoms. The van der Waals surface area contributed by atoms with Crippen molar-refractivity contribution in [2.45, 2.75) is 4.90 Å². The van der Waals surface area contributed by atoms with E-state index >= 15 is 0 Å². The molecule has 0 spiro atoms. The molecule has 1 heterocycles.